The molecule has 0 amide bonds. The highest BCUT2D eigenvalue weighted by Gasteiger charge is 2.35. The number of benzene rings is 1. The van der Waals surface area contributed by atoms with E-state index in [1.54, 1.807) is 13.0 Å². The van der Waals surface area contributed by atoms with Gasteiger partial charge in [-0.3, -0.25) is 10.1 Å². The van der Waals surface area contributed by atoms with E-state index in [1.165, 1.54) is 12.1 Å². The molecular weight excluding hydrogens is 316 g/mol. The molecule has 8 heteroatoms. The summed E-state index contributed by atoms with van der Waals surface area (Å²) in [6, 6.07) is 4.27. The number of hydrogen-bond donors (Lipinski definition) is 0. The van der Waals surface area contributed by atoms with Crippen LogP contribution in [-0.4, -0.2) is 42.2 Å². The van der Waals surface area contributed by atoms with E-state index in [2.05, 4.69) is 0 Å². The van der Waals surface area contributed by atoms with E-state index in [-0.39, 0.29) is 17.4 Å². The van der Waals surface area contributed by atoms with E-state index in [0.717, 1.165) is 25.9 Å². The van der Waals surface area contributed by atoms with Crippen molar-refractivity contribution < 1.29 is 24.0 Å². The van der Waals surface area contributed by atoms with E-state index in [4.69, 9.17) is 9.47 Å². The first-order valence-corrected chi connectivity index (χ1v) is 7.90. The Morgan fingerprint density at radius 3 is 2.67 bits per heavy atom. The van der Waals surface area contributed by atoms with E-state index in [0.29, 0.717) is 12.1 Å². The Morgan fingerprint density at radius 1 is 1.38 bits per heavy atom. The van der Waals surface area contributed by atoms with Crippen LogP contribution < -0.4 is 4.90 Å². The Balaban J connectivity index is 1.80. The average Bonchev–Trinajstić information content (AvgIpc) is 3.17. The van der Waals surface area contributed by atoms with Crippen LogP contribution in [0.4, 0.5) is 11.4 Å². The van der Waals surface area contributed by atoms with Gasteiger partial charge < -0.3 is 14.4 Å². The Bertz CT molecular complexity index is 683. The van der Waals surface area contributed by atoms with Gasteiger partial charge in [0.25, 0.3) is 5.69 Å². The highest BCUT2D eigenvalue weighted by molar-refractivity contribution is 5.93. The van der Waals surface area contributed by atoms with Gasteiger partial charge in [0.1, 0.15) is 11.8 Å². The third-order valence-corrected chi connectivity index (χ3v) is 4.23. The first-order valence-electron chi connectivity index (χ1n) is 7.90. The predicted octanol–water partition coefficient (Wildman–Crippen LogP) is 2.06. The number of hydrogen-bond acceptors (Lipinski definition) is 7. The van der Waals surface area contributed by atoms with Gasteiger partial charge in [-0.1, -0.05) is 0 Å². The number of rotatable bonds is 4. The summed E-state index contributed by atoms with van der Waals surface area (Å²) in [5.41, 5.74) is 0.425. The second-order valence-electron chi connectivity index (χ2n) is 6.03. The summed E-state index contributed by atoms with van der Waals surface area (Å²) in [6.07, 6.45) is 1.01. The molecule has 0 bridgehead atoms. The maximum absolute atomic E-state index is 12.2. The number of cyclic esters (lactones) is 1. The van der Waals surface area contributed by atoms with Gasteiger partial charge in [-0.05, 0) is 31.9 Å². The fourth-order valence-corrected chi connectivity index (χ4v) is 3.04. The van der Waals surface area contributed by atoms with Crippen LogP contribution in [-0.2, 0) is 14.3 Å². The number of nitro benzene ring substituents is 1. The number of esters is 2. The predicted molar refractivity (Wildman–Crippen MR) is 83.9 cm³/mol. The molecule has 0 radical (unpaired) electrons. The first kappa shape index (κ1) is 16.2. The molecule has 3 rings (SSSR count). The molecule has 2 fully saturated rings. The van der Waals surface area contributed by atoms with Crippen molar-refractivity contribution in [1.29, 1.82) is 0 Å². The molecule has 2 aliphatic heterocycles. The molecule has 2 atom stereocenters. The summed E-state index contributed by atoms with van der Waals surface area (Å²) in [7, 11) is 0. The minimum Gasteiger partial charge on any atom is -0.460 e. The molecule has 0 spiro atoms. The number of carbonyl (C=O) groups excluding carboxylic acids is 2. The minimum absolute atomic E-state index is 0.0528. The van der Waals surface area contributed by atoms with Crippen LogP contribution >= 0.6 is 0 Å². The van der Waals surface area contributed by atoms with Gasteiger partial charge in [-0.15, -0.1) is 0 Å². The van der Waals surface area contributed by atoms with Crippen molar-refractivity contribution in [2.45, 2.75) is 38.4 Å². The van der Waals surface area contributed by atoms with Gasteiger partial charge in [-0.25, -0.2) is 9.59 Å². The quantitative estimate of drug-likeness (QED) is 0.472. The monoisotopic (exact) mass is 334 g/mol. The molecule has 0 N–H and O–H groups in total. The first-order chi connectivity index (χ1) is 11.5. The van der Waals surface area contributed by atoms with Crippen molar-refractivity contribution in [3.05, 3.63) is 33.9 Å². The fraction of sp³-hybridized carbons (Fsp3) is 0.500. The minimum atomic E-state index is -0.954. The fourth-order valence-electron chi connectivity index (χ4n) is 3.04. The lowest BCUT2D eigenvalue weighted by molar-refractivity contribution is -0.384. The maximum atomic E-state index is 12.2. The average molecular weight is 334 g/mol. The number of nitro groups is 1. The van der Waals surface area contributed by atoms with Crippen molar-refractivity contribution >= 4 is 23.3 Å². The van der Waals surface area contributed by atoms with E-state index in [9.17, 15) is 19.7 Å². The SMILES string of the molecule is CC1CC(OC(=O)c2ccc(N3CCCC3)c([N+](=O)[O-])c2)C(=O)O1. The largest absolute Gasteiger partial charge is 0.460 e. The van der Waals surface area contributed by atoms with Gasteiger partial charge in [0.05, 0.1) is 10.5 Å². The summed E-state index contributed by atoms with van der Waals surface area (Å²) in [5.74, 6) is -1.35. The third kappa shape index (κ3) is 3.17. The van der Waals surface area contributed by atoms with Crippen LogP contribution in [0.1, 0.15) is 36.5 Å². The van der Waals surface area contributed by atoms with Crippen LogP contribution in [0.25, 0.3) is 0 Å². The molecule has 0 aromatic heterocycles. The zero-order valence-corrected chi connectivity index (χ0v) is 13.3. The van der Waals surface area contributed by atoms with Crippen molar-refractivity contribution in [3.8, 4) is 0 Å². The van der Waals surface area contributed by atoms with Gasteiger partial charge in [0, 0.05) is 25.6 Å². The topological polar surface area (TPSA) is 99.0 Å². The molecule has 1 aromatic rings. The van der Waals surface area contributed by atoms with E-state index >= 15 is 0 Å². The van der Waals surface area contributed by atoms with Gasteiger partial charge in [0.2, 0.25) is 6.10 Å². The molecule has 2 heterocycles. The maximum Gasteiger partial charge on any atom is 0.347 e. The second-order valence-corrected chi connectivity index (χ2v) is 6.03. The van der Waals surface area contributed by atoms with E-state index < -0.39 is 23.0 Å². The highest BCUT2D eigenvalue weighted by Crippen LogP contribution is 2.32. The molecule has 128 valence electrons. The molecule has 8 nitrogen and oxygen atoms in total. The van der Waals surface area contributed by atoms with E-state index in [1.807, 2.05) is 4.90 Å². The van der Waals surface area contributed by atoms with Crippen LogP contribution in [0.15, 0.2) is 18.2 Å². The van der Waals surface area contributed by atoms with Crippen LogP contribution in [0, 0.1) is 10.1 Å². The number of anilines is 1. The summed E-state index contributed by atoms with van der Waals surface area (Å²) >= 11 is 0. The Morgan fingerprint density at radius 2 is 2.08 bits per heavy atom. The molecular formula is C16H18N2O6. The highest BCUT2D eigenvalue weighted by atomic mass is 16.6. The number of carbonyl (C=O) groups is 2. The van der Waals surface area contributed by atoms with Crippen molar-refractivity contribution in [1.82, 2.24) is 0 Å². The second kappa shape index (κ2) is 6.46. The smallest absolute Gasteiger partial charge is 0.347 e. The zero-order chi connectivity index (χ0) is 17.3. The molecule has 0 saturated carbocycles. The zero-order valence-electron chi connectivity index (χ0n) is 13.3. The van der Waals surface area contributed by atoms with Gasteiger partial charge in [-0.2, -0.15) is 0 Å². The summed E-state index contributed by atoms with van der Waals surface area (Å²) in [6.45, 7) is 3.23. The number of ether oxygens (including phenoxy) is 2. The Hall–Kier alpha value is -2.64. The van der Waals surface area contributed by atoms with Crippen molar-refractivity contribution in [2.75, 3.05) is 18.0 Å². The Kier molecular flexibility index (Phi) is 4.37. The molecule has 2 unspecified atom stereocenters. The molecule has 1 aromatic carbocycles. The molecule has 2 saturated heterocycles. The lowest BCUT2D eigenvalue weighted by atomic mass is 10.1. The van der Waals surface area contributed by atoms with Crippen molar-refractivity contribution in [3.63, 3.8) is 0 Å². The lowest BCUT2D eigenvalue weighted by Crippen LogP contribution is -2.23. The van der Waals surface area contributed by atoms with Crippen LogP contribution in [0.5, 0.6) is 0 Å². The van der Waals surface area contributed by atoms with Crippen molar-refractivity contribution in [2.24, 2.45) is 0 Å². The Labute approximate surface area is 138 Å². The third-order valence-electron chi connectivity index (χ3n) is 4.23. The lowest BCUT2D eigenvalue weighted by Gasteiger charge is -2.17. The summed E-state index contributed by atoms with van der Waals surface area (Å²) in [4.78, 5) is 36.5. The molecule has 0 aliphatic carbocycles. The molecule has 2 aliphatic rings. The van der Waals surface area contributed by atoms with Gasteiger partial charge in [0.15, 0.2) is 0 Å². The normalized spacial score (nSPS) is 23.2. The van der Waals surface area contributed by atoms with Crippen LogP contribution in [0.3, 0.4) is 0 Å². The summed E-state index contributed by atoms with van der Waals surface area (Å²) in [5, 5.41) is 11.3. The standard InChI is InChI=1S/C16H18N2O6/c1-10-8-14(16(20)23-10)24-15(19)11-4-5-12(13(9-11)18(21)22)17-6-2-3-7-17/h4-5,9-10,14H,2-3,6-8H2,1H3. The number of nitrogens with zero attached hydrogens (tertiary/aromatic N) is 2. The summed E-state index contributed by atoms with van der Waals surface area (Å²) < 4.78 is 10.1. The molecule has 24 heavy (non-hydrogen) atoms. The van der Waals surface area contributed by atoms with Crippen LogP contribution in [0.2, 0.25) is 0 Å². The van der Waals surface area contributed by atoms with Gasteiger partial charge >= 0.3 is 11.9 Å².